The molecule has 0 saturated carbocycles. The number of hydrogen-bond donors (Lipinski definition) is 1. The van der Waals surface area contributed by atoms with Crippen molar-refractivity contribution in [2.45, 2.75) is 6.92 Å². The second-order valence-electron chi connectivity index (χ2n) is 3.36. The molecule has 0 bridgehead atoms. The molecule has 3 nitrogen and oxygen atoms in total. The maximum atomic E-state index is 5.74. The minimum Gasteiger partial charge on any atom is -0.382 e. The van der Waals surface area contributed by atoms with Crippen molar-refractivity contribution in [3.8, 4) is 5.69 Å². The van der Waals surface area contributed by atoms with Gasteiger partial charge in [0.2, 0.25) is 0 Å². The monoisotopic (exact) mass is 407 g/mol. The van der Waals surface area contributed by atoms with Crippen molar-refractivity contribution in [2.75, 3.05) is 5.73 Å². The van der Waals surface area contributed by atoms with Gasteiger partial charge in [0, 0.05) is 25.2 Å². The van der Waals surface area contributed by atoms with Crippen LogP contribution >= 0.6 is 47.8 Å². The minimum absolute atomic E-state index is 0.543. The molecule has 1 heterocycles. The van der Waals surface area contributed by atoms with E-state index in [2.05, 4.69) is 52.9 Å². The first-order valence-corrected chi connectivity index (χ1v) is 6.83. The number of rotatable bonds is 1. The van der Waals surface area contributed by atoms with Crippen molar-refractivity contribution in [1.82, 2.24) is 9.78 Å². The molecule has 0 radical (unpaired) electrons. The summed E-state index contributed by atoms with van der Waals surface area (Å²) in [6, 6.07) is 3.93. The maximum absolute atomic E-state index is 5.74. The third-order valence-electron chi connectivity index (χ3n) is 2.15. The first-order chi connectivity index (χ1) is 7.49. The van der Waals surface area contributed by atoms with Gasteiger partial charge in [0.1, 0.15) is 5.82 Å². The molecule has 2 aromatic rings. The highest BCUT2D eigenvalue weighted by Crippen LogP contribution is 2.33. The number of nitrogens with zero attached hydrogens (tertiary/aromatic N) is 2. The van der Waals surface area contributed by atoms with Crippen molar-refractivity contribution >= 4 is 53.6 Å². The molecular weight excluding hydrogens is 402 g/mol. The van der Waals surface area contributed by atoms with E-state index in [-0.39, 0.29) is 0 Å². The van der Waals surface area contributed by atoms with Crippen LogP contribution in [-0.2, 0) is 0 Å². The smallest absolute Gasteiger partial charge is 0.148 e. The fraction of sp³-hybridized carbons (Fsp3) is 0.100. The zero-order valence-corrected chi connectivity index (χ0v) is 13.1. The van der Waals surface area contributed by atoms with Gasteiger partial charge in [-0.2, -0.15) is 5.10 Å². The number of benzene rings is 1. The van der Waals surface area contributed by atoms with Crippen LogP contribution in [0.1, 0.15) is 5.56 Å². The van der Waals surface area contributed by atoms with Crippen LogP contribution in [0.15, 0.2) is 31.7 Å². The Hall–Kier alpha value is -0.330. The van der Waals surface area contributed by atoms with Gasteiger partial charge < -0.3 is 5.73 Å². The molecule has 2 N–H and O–H groups in total. The number of aryl methyl sites for hydroxylation is 1. The summed E-state index contributed by atoms with van der Waals surface area (Å²) in [5.41, 5.74) is 7.63. The maximum Gasteiger partial charge on any atom is 0.148 e. The molecule has 84 valence electrons. The Balaban J connectivity index is 2.64. The largest absolute Gasteiger partial charge is 0.382 e. The molecule has 0 fully saturated rings. The van der Waals surface area contributed by atoms with Gasteiger partial charge in [0.25, 0.3) is 0 Å². The van der Waals surface area contributed by atoms with Crippen molar-refractivity contribution in [2.24, 2.45) is 0 Å². The molecule has 0 amide bonds. The summed E-state index contributed by atoms with van der Waals surface area (Å²) in [6.07, 6.45) is 1.90. The Bertz CT molecular complexity index is 506. The van der Waals surface area contributed by atoms with Gasteiger partial charge in [-0.15, -0.1) is 0 Å². The Kier molecular flexibility index (Phi) is 3.42. The Morgan fingerprint density at radius 3 is 2.19 bits per heavy atom. The second kappa shape index (κ2) is 4.50. The molecule has 0 aliphatic carbocycles. The van der Waals surface area contributed by atoms with E-state index >= 15 is 0 Å². The van der Waals surface area contributed by atoms with Gasteiger partial charge in [0.05, 0.1) is 5.69 Å². The van der Waals surface area contributed by atoms with Crippen LogP contribution in [0.4, 0.5) is 5.82 Å². The van der Waals surface area contributed by atoms with Crippen LogP contribution in [0.5, 0.6) is 0 Å². The van der Waals surface area contributed by atoms with Crippen LogP contribution in [0.25, 0.3) is 5.69 Å². The summed E-state index contributed by atoms with van der Waals surface area (Å²) in [5, 5.41) is 4.25. The number of anilines is 1. The molecule has 2 rings (SSSR count). The number of hydrogen-bond acceptors (Lipinski definition) is 2. The SMILES string of the molecule is Cc1cn(-c2c(Br)cc(Br)cc2Br)nc1N. The molecule has 1 aromatic carbocycles. The predicted octanol–water partition coefficient (Wildman–Crippen LogP) is 4.05. The molecular formula is C10H8Br3N3. The van der Waals surface area contributed by atoms with E-state index in [1.54, 1.807) is 4.68 Å². The lowest BCUT2D eigenvalue weighted by molar-refractivity contribution is 0.876. The van der Waals surface area contributed by atoms with Gasteiger partial charge in [-0.25, -0.2) is 4.68 Å². The first kappa shape index (κ1) is 12.1. The summed E-state index contributed by atoms with van der Waals surface area (Å²) in [5.74, 6) is 0.543. The van der Waals surface area contributed by atoms with Crippen LogP contribution in [0.2, 0.25) is 0 Å². The molecule has 0 aliphatic rings. The van der Waals surface area contributed by atoms with Crippen molar-refractivity contribution in [3.05, 3.63) is 37.3 Å². The highest BCUT2D eigenvalue weighted by atomic mass is 79.9. The normalized spacial score (nSPS) is 10.8. The van der Waals surface area contributed by atoms with E-state index < -0.39 is 0 Å². The number of halogens is 3. The van der Waals surface area contributed by atoms with Gasteiger partial charge >= 0.3 is 0 Å². The predicted molar refractivity (Wildman–Crippen MR) is 75.8 cm³/mol. The molecule has 0 saturated heterocycles. The lowest BCUT2D eigenvalue weighted by Gasteiger charge is -2.07. The van der Waals surface area contributed by atoms with E-state index in [9.17, 15) is 0 Å². The van der Waals surface area contributed by atoms with Crippen LogP contribution < -0.4 is 5.73 Å². The average molecular weight is 410 g/mol. The topological polar surface area (TPSA) is 43.8 Å². The second-order valence-corrected chi connectivity index (χ2v) is 5.98. The van der Waals surface area contributed by atoms with E-state index in [0.717, 1.165) is 24.7 Å². The quantitative estimate of drug-likeness (QED) is 0.772. The number of nitrogen functional groups attached to an aromatic ring is 1. The molecule has 0 aliphatic heterocycles. The molecule has 1 aromatic heterocycles. The average Bonchev–Trinajstić information content (AvgIpc) is 2.44. The zero-order chi connectivity index (χ0) is 11.9. The van der Waals surface area contributed by atoms with Gasteiger partial charge in [-0.05, 0) is 50.9 Å². The lowest BCUT2D eigenvalue weighted by atomic mass is 10.3. The number of nitrogens with two attached hydrogens (primary N) is 1. The highest BCUT2D eigenvalue weighted by molar-refractivity contribution is 9.11. The summed E-state index contributed by atoms with van der Waals surface area (Å²) in [4.78, 5) is 0. The Labute approximate surface area is 118 Å². The molecule has 0 atom stereocenters. The minimum atomic E-state index is 0.543. The van der Waals surface area contributed by atoms with Crippen LogP contribution in [0, 0.1) is 6.92 Å². The highest BCUT2D eigenvalue weighted by Gasteiger charge is 2.11. The van der Waals surface area contributed by atoms with E-state index in [1.807, 2.05) is 25.3 Å². The third kappa shape index (κ3) is 2.19. The van der Waals surface area contributed by atoms with E-state index in [0.29, 0.717) is 5.82 Å². The first-order valence-electron chi connectivity index (χ1n) is 4.45. The van der Waals surface area contributed by atoms with Crippen molar-refractivity contribution < 1.29 is 0 Å². The van der Waals surface area contributed by atoms with E-state index in [4.69, 9.17) is 5.73 Å². The zero-order valence-electron chi connectivity index (χ0n) is 8.34. The van der Waals surface area contributed by atoms with Crippen LogP contribution in [-0.4, -0.2) is 9.78 Å². The fourth-order valence-corrected chi connectivity index (χ4v) is 3.96. The molecule has 6 heteroatoms. The fourth-order valence-electron chi connectivity index (χ4n) is 1.34. The standard InChI is InChI=1S/C10H8Br3N3/c1-5-4-16(15-10(5)14)9-7(12)2-6(11)3-8(9)13/h2-4H,1H3,(H2,14,15). The van der Waals surface area contributed by atoms with Crippen LogP contribution in [0.3, 0.4) is 0 Å². The Morgan fingerprint density at radius 1 is 1.19 bits per heavy atom. The lowest BCUT2D eigenvalue weighted by Crippen LogP contribution is -1.98. The summed E-state index contributed by atoms with van der Waals surface area (Å²) >= 11 is 10.4. The van der Waals surface area contributed by atoms with Gasteiger partial charge in [-0.1, -0.05) is 15.9 Å². The molecule has 0 spiro atoms. The number of aromatic nitrogens is 2. The van der Waals surface area contributed by atoms with E-state index in [1.165, 1.54) is 0 Å². The van der Waals surface area contributed by atoms with Gasteiger partial charge in [-0.3, -0.25) is 0 Å². The molecule has 16 heavy (non-hydrogen) atoms. The third-order valence-corrected chi connectivity index (χ3v) is 3.81. The van der Waals surface area contributed by atoms with Crippen molar-refractivity contribution in [1.29, 1.82) is 0 Å². The van der Waals surface area contributed by atoms with Gasteiger partial charge in [0.15, 0.2) is 0 Å². The Morgan fingerprint density at radius 2 is 1.75 bits per heavy atom. The summed E-state index contributed by atoms with van der Waals surface area (Å²) in [6.45, 7) is 1.93. The van der Waals surface area contributed by atoms with Crippen molar-refractivity contribution in [3.63, 3.8) is 0 Å². The molecule has 0 unspecified atom stereocenters. The summed E-state index contributed by atoms with van der Waals surface area (Å²) < 4.78 is 4.63. The summed E-state index contributed by atoms with van der Waals surface area (Å²) in [7, 11) is 0.